The molecule has 2 nitrogen and oxygen atoms in total. The monoisotopic (exact) mass is 224 g/mol. The van der Waals surface area contributed by atoms with Gasteiger partial charge in [0, 0.05) is 22.9 Å². The summed E-state index contributed by atoms with van der Waals surface area (Å²) in [5, 5.41) is 0. The zero-order valence-corrected chi connectivity index (χ0v) is 9.76. The van der Waals surface area contributed by atoms with Crippen molar-refractivity contribution in [2.45, 2.75) is 18.2 Å². The first-order valence-electron chi connectivity index (χ1n) is 5.28. The highest BCUT2D eigenvalue weighted by atomic mass is 32.2. The first kappa shape index (κ1) is 11.0. The molecule has 1 aliphatic rings. The second-order valence-electron chi connectivity index (χ2n) is 3.91. The van der Waals surface area contributed by atoms with Crippen LogP contribution in [0.1, 0.15) is 12.0 Å². The third-order valence-electron chi connectivity index (χ3n) is 2.49. The van der Waals surface area contributed by atoms with Crippen molar-refractivity contribution < 1.29 is 8.92 Å². The molecule has 2 rings (SSSR count). The van der Waals surface area contributed by atoms with Gasteiger partial charge in [-0.3, -0.25) is 0 Å². The van der Waals surface area contributed by atoms with Crippen molar-refractivity contribution in [3.05, 3.63) is 29.8 Å². The lowest BCUT2D eigenvalue weighted by atomic mass is 10.1. The van der Waals surface area contributed by atoms with Crippen LogP contribution in [0.2, 0.25) is 0 Å². The van der Waals surface area contributed by atoms with Crippen molar-refractivity contribution in [3.8, 4) is 0 Å². The minimum atomic E-state index is 0.726. The Morgan fingerprint density at radius 1 is 1.33 bits per heavy atom. The van der Waals surface area contributed by atoms with Crippen molar-refractivity contribution in [2.75, 3.05) is 19.8 Å². The van der Waals surface area contributed by atoms with E-state index in [4.69, 9.17) is 8.92 Å². The van der Waals surface area contributed by atoms with Gasteiger partial charge >= 0.3 is 0 Å². The summed E-state index contributed by atoms with van der Waals surface area (Å²) >= 11 is 1.46. The van der Waals surface area contributed by atoms with Crippen molar-refractivity contribution in [3.63, 3.8) is 0 Å². The van der Waals surface area contributed by atoms with Gasteiger partial charge in [0.05, 0.1) is 19.8 Å². The smallest absolute Gasteiger partial charge is 0.0622 e. The molecule has 0 amide bonds. The molecule has 0 spiro atoms. The van der Waals surface area contributed by atoms with E-state index < -0.39 is 0 Å². The molecule has 0 aliphatic carbocycles. The number of rotatable bonds is 5. The van der Waals surface area contributed by atoms with Gasteiger partial charge in [-0.2, -0.15) is 0 Å². The minimum absolute atomic E-state index is 0.726. The van der Waals surface area contributed by atoms with Crippen LogP contribution in [0.3, 0.4) is 0 Å². The molecule has 0 atom stereocenters. The largest absolute Gasteiger partial charge is 0.381 e. The topological polar surface area (TPSA) is 18.5 Å². The van der Waals surface area contributed by atoms with Crippen LogP contribution in [0.25, 0.3) is 0 Å². The standard InChI is InChI=1S/C12H16O2S/c1-10-2-4-12(5-3-10)15-14-7-6-11-8-13-9-11/h2-5,11H,6-9H2,1H3. The minimum Gasteiger partial charge on any atom is -0.381 e. The van der Waals surface area contributed by atoms with E-state index in [0.717, 1.165) is 32.2 Å². The number of aryl methyl sites for hydroxylation is 1. The van der Waals surface area contributed by atoms with Gasteiger partial charge in [-0.15, -0.1) is 0 Å². The van der Waals surface area contributed by atoms with E-state index in [1.165, 1.54) is 22.5 Å². The van der Waals surface area contributed by atoms with Gasteiger partial charge in [-0.05, 0) is 25.5 Å². The van der Waals surface area contributed by atoms with Gasteiger partial charge in [-0.25, -0.2) is 0 Å². The fourth-order valence-electron chi connectivity index (χ4n) is 1.37. The molecule has 1 heterocycles. The molecular formula is C12H16O2S. The van der Waals surface area contributed by atoms with Crippen LogP contribution in [0.15, 0.2) is 29.2 Å². The van der Waals surface area contributed by atoms with Crippen molar-refractivity contribution in [1.82, 2.24) is 0 Å². The Bertz CT molecular complexity index is 293. The highest BCUT2D eigenvalue weighted by Gasteiger charge is 2.17. The van der Waals surface area contributed by atoms with Crippen molar-refractivity contribution in [1.29, 1.82) is 0 Å². The summed E-state index contributed by atoms with van der Waals surface area (Å²) in [6.45, 7) is 4.73. The van der Waals surface area contributed by atoms with E-state index in [-0.39, 0.29) is 0 Å². The summed E-state index contributed by atoms with van der Waals surface area (Å²) in [7, 11) is 0. The fourth-order valence-corrected chi connectivity index (χ4v) is 1.93. The highest BCUT2D eigenvalue weighted by molar-refractivity contribution is 7.94. The average molecular weight is 224 g/mol. The Morgan fingerprint density at radius 3 is 2.67 bits per heavy atom. The maximum atomic E-state index is 5.53. The Balaban J connectivity index is 1.62. The van der Waals surface area contributed by atoms with Crippen molar-refractivity contribution >= 4 is 12.0 Å². The second-order valence-corrected chi connectivity index (χ2v) is 4.78. The molecule has 0 bridgehead atoms. The lowest BCUT2D eigenvalue weighted by molar-refractivity contribution is -0.0394. The normalized spacial score (nSPS) is 16.3. The molecule has 1 aromatic rings. The van der Waals surface area contributed by atoms with Gasteiger partial charge in [0.2, 0.25) is 0 Å². The number of hydrogen-bond acceptors (Lipinski definition) is 3. The van der Waals surface area contributed by atoms with Gasteiger partial charge in [0.1, 0.15) is 0 Å². The molecule has 0 radical (unpaired) electrons. The van der Waals surface area contributed by atoms with Crippen LogP contribution in [0.4, 0.5) is 0 Å². The molecule has 15 heavy (non-hydrogen) atoms. The van der Waals surface area contributed by atoms with Crippen LogP contribution >= 0.6 is 12.0 Å². The van der Waals surface area contributed by atoms with Crippen molar-refractivity contribution in [2.24, 2.45) is 5.92 Å². The summed E-state index contributed by atoms with van der Waals surface area (Å²) in [6, 6.07) is 8.38. The SMILES string of the molecule is Cc1ccc(SOCCC2COC2)cc1. The Hall–Kier alpha value is -0.510. The van der Waals surface area contributed by atoms with Crippen LogP contribution in [-0.2, 0) is 8.92 Å². The summed E-state index contributed by atoms with van der Waals surface area (Å²) in [6.07, 6.45) is 1.11. The van der Waals surface area contributed by atoms with Gasteiger partial charge in [0.25, 0.3) is 0 Å². The molecule has 0 N–H and O–H groups in total. The molecule has 1 saturated heterocycles. The lowest BCUT2D eigenvalue weighted by Gasteiger charge is -2.25. The van der Waals surface area contributed by atoms with Gasteiger partial charge in [-0.1, -0.05) is 17.7 Å². The predicted molar refractivity (Wildman–Crippen MR) is 61.9 cm³/mol. The number of ether oxygens (including phenoxy) is 1. The predicted octanol–water partition coefficient (Wildman–Crippen LogP) is 3.06. The molecule has 1 fully saturated rings. The Labute approximate surface area is 95.2 Å². The summed E-state index contributed by atoms with van der Waals surface area (Å²) < 4.78 is 10.6. The maximum absolute atomic E-state index is 5.53. The first-order valence-corrected chi connectivity index (χ1v) is 6.02. The van der Waals surface area contributed by atoms with E-state index in [1.807, 2.05) is 0 Å². The van der Waals surface area contributed by atoms with Crippen LogP contribution in [0, 0.1) is 12.8 Å². The quantitative estimate of drug-likeness (QED) is 0.565. The summed E-state index contributed by atoms with van der Waals surface area (Å²) in [5.74, 6) is 0.726. The lowest BCUT2D eigenvalue weighted by Crippen LogP contribution is -2.28. The fraction of sp³-hybridized carbons (Fsp3) is 0.500. The third kappa shape index (κ3) is 3.52. The number of hydrogen-bond donors (Lipinski definition) is 0. The van der Waals surface area contributed by atoms with E-state index in [9.17, 15) is 0 Å². The zero-order valence-electron chi connectivity index (χ0n) is 8.94. The molecule has 3 heteroatoms. The summed E-state index contributed by atoms with van der Waals surface area (Å²) in [5.41, 5.74) is 1.28. The average Bonchev–Trinajstić information content (AvgIpc) is 2.18. The van der Waals surface area contributed by atoms with Crippen LogP contribution in [0.5, 0.6) is 0 Å². The molecule has 0 unspecified atom stereocenters. The molecule has 1 aliphatic heterocycles. The zero-order chi connectivity index (χ0) is 10.5. The van der Waals surface area contributed by atoms with Gasteiger partial charge < -0.3 is 8.92 Å². The molecule has 0 aromatic heterocycles. The van der Waals surface area contributed by atoms with Crippen LogP contribution in [-0.4, -0.2) is 19.8 Å². The van der Waals surface area contributed by atoms with E-state index in [1.54, 1.807) is 0 Å². The molecule has 0 saturated carbocycles. The Morgan fingerprint density at radius 2 is 2.07 bits per heavy atom. The second kappa shape index (κ2) is 5.54. The van der Waals surface area contributed by atoms with E-state index >= 15 is 0 Å². The highest BCUT2D eigenvalue weighted by Crippen LogP contribution is 2.21. The molecule has 1 aromatic carbocycles. The number of benzene rings is 1. The van der Waals surface area contributed by atoms with Crippen LogP contribution < -0.4 is 0 Å². The third-order valence-corrected chi connectivity index (χ3v) is 3.24. The Kier molecular flexibility index (Phi) is 4.06. The van der Waals surface area contributed by atoms with E-state index in [2.05, 4.69) is 31.2 Å². The maximum Gasteiger partial charge on any atom is 0.0622 e. The van der Waals surface area contributed by atoms with E-state index in [0.29, 0.717) is 0 Å². The van der Waals surface area contributed by atoms with Gasteiger partial charge in [0.15, 0.2) is 0 Å². The summed E-state index contributed by atoms with van der Waals surface area (Å²) in [4.78, 5) is 1.17. The molecular weight excluding hydrogens is 208 g/mol. The molecule has 82 valence electrons. The first-order chi connectivity index (χ1) is 7.34.